The first-order valence-electron chi connectivity index (χ1n) is 6.90. The molecule has 1 aromatic heterocycles. The van der Waals surface area contributed by atoms with E-state index < -0.39 is 0 Å². The van der Waals surface area contributed by atoms with E-state index >= 15 is 0 Å². The van der Waals surface area contributed by atoms with Crippen molar-refractivity contribution in [3.05, 3.63) is 53.9 Å². The zero-order valence-corrected chi connectivity index (χ0v) is 11.4. The molecule has 5 nitrogen and oxygen atoms in total. The second kappa shape index (κ2) is 5.44. The monoisotopic (exact) mass is 284 g/mol. The molecule has 0 radical (unpaired) electrons. The van der Waals surface area contributed by atoms with Crippen LogP contribution in [0.1, 0.15) is 34.9 Å². The fourth-order valence-electron chi connectivity index (χ4n) is 2.75. The number of nitrogens with zero attached hydrogens (tertiary/aromatic N) is 2. The number of hydrogen-bond donors (Lipinski definition) is 2. The number of aromatic nitrogens is 1. The van der Waals surface area contributed by atoms with Gasteiger partial charge >= 0.3 is 0 Å². The minimum absolute atomic E-state index is 0.0631. The summed E-state index contributed by atoms with van der Waals surface area (Å²) in [6, 6.07) is 9.62. The fourth-order valence-corrected chi connectivity index (χ4v) is 2.75. The minimum atomic E-state index is -0.236. The van der Waals surface area contributed by atoms with Crippen molar-refractivity contribution in [3.8, 4) is 11.5 Å². The molecule has 21 heavy (non-hydrogen) atoms. The van der Waals surface area contributed by atoms with Gasteiger partial charge in [-0.15, -0.1) is 0 Å². The second-order valence-electron chi connectivity index (χ2n) is 5.11. The van der Waals surface area contributed by atoms with Crippen molar-refractivity contribution in [3.63, 3.8) is 0 Å². The Kier molecular flexibility index (Phi) is 3.48. The van der Waals surface area contributed by atoms with Gasteiger partial charge in [-0.3, -0.25) is 9.78 Å². The number of likely N-dealkylation sites (tertiary alicyclic amines) is 1. The van der Waals surface area contributed by atoms with Gasteiger partial charge in [-0.1, -0.05) is 6.07 Å². The predicted molar refractivity (Wildman–Crippen MR) is 77.0 cm³/mol. The first-order valence-corrected chi connectivity index (χ1v) is 6.90. The Morgan fingerprint density at radius 3 is 2.81 bits per heavy atom. The summed E-state index contributed by atoms with van der Waals surface area (Å²) in [5.41, 5.74) is 1.07. The lowest BCUT2D eigenvalue weighted by Crippen LogP contribution is -2.31. The minimum Gasteiger partial charge on any atom is -0.508 e. The van der Waals surface area contributed by atoms with Crippen LogP contribution < -0.4 is 0 Å². The van der Waals surface area contributed by atoms with Crippen molar-refractivity contribution >= 4 is 5.91 Å². The third-order valence-electron chi connectivity index (χ3n) is 3.75. The standard InChI is InChI=1S/C16H16N2O3/c19-11-6-7-12(15(20)10-11)16(21)18-9-3-5-14(18)13-4-1-2-8-17-13/h1-2,4,6-8,10,14,19-20H,3,5,9H2. The van der Waals surface area contributed by atoms with Crippen LogP contribution in [0.3, 0.4) is 0 Å². The molecular weight excluding hydrogens is 268 g/mol. The number of aromatic hydroxyl groups is 2. The summed E-state index contributed by atoms with van der Waals surface area (Å²) in [6.45, 7) is 0.639. The Balaban J connectivity index is 1.90. The van der Waals surface area contributed by atoms with Gasteiger partial charge in [-0.2, -0.15) is 0 Å². The third-order valence-corrected chi connectivity index (χ3v) is 3.75. The molecule has 2 N–H and O–H groups in total. The number of hydrogen-bond acceptors (Lipinski definition) is 4. The molecule has 0 bridgehead atoms. The lowest BCUT2D eigenvalue weighted by atomic mass is 10.1. The maximum Gasteiger partial charge on any atom is 0.258 e. The highest BCUT2D eigenvalue weighted by Crippen LogP contribution is 2.34. The molecule has 5 heteroatoms. The summed E-state index contributed by atoms with van der Waals surface area (Å²) in [5, 5.41) is 19.2. The molecule has 1 unspecified atom stereocenters. The van der Waals surface area contributed by atoms with Crippen LogP contribution in [0.4, 0.5) is 0 Å². The van der Waals surface area contributed by atoms with E-state index in [2.05, 4.69) is 4.98 Å². The summed E-state index contributed by atoms with van der Waals surface area (Å²) >= 11 is 0. The van der Waals surface area contributed by atoms with Crippen LogP contribution in [0.25, 0.3) is 0 Å². The average molecular weight is 284 g/mol. The number of amides is 1. The van der Waals surface area contributed by atoms with Gasteiger partial charge in [0.25, 0.3) is 5.91 Å². The molecule has 1 aromatic carbocycles. The number of pyridine rings is 1. The maximum atomic E-state index is 12.6. The number of carbonyl (C=O) groups excluding carboxylic acids is 1. The Morgan fingerprint density at radius 2 is 2.10 bits per heavy atom. The van der Waals surface area contributed by atoms with Gasteiger partial charge in [0.15, 0.2) is 0 Å². The maximum absolute atomic E-state index is 12.6. The number of carbonyl (C=O) groups is 1. The quantitative estimate of drug-likeness (QED) is 0.888. The smallest absolute Gasteiger partial charge is 0.258 e. The van der Waals surface area contributed by atoms with E-state index in [0.29, 0.717) is 6.54 Å². The molecular formula is C16H16N2O3. The highest BCUT2D eigenvalue weighted by Gasteiger charge is 2.32. The Labute approximate surface area is 122 Å². The Bertz CT molecular complexity index is 658. The average Bonchev–Trinajstić information content (AvgIpc) is 2.97. The van der Waals surface area contributed by atoms with Crippen molar-refractivity contribution < 1.29 is 15.0 Å². The summed E-state index contributed by atoms with van der Waals surface area (Å²) < 4.78 is 0. The largest absolute Gasteiger partial charge is 0.508 e. The van der Waals surface area contributed by atoms with E-state index in [1.807, 2.05) is 18.2 Å². The molecule has 1 aliphatic heterocycles. The topological polar surface area (TPSA) is 73.7 Å². The van der Waals surface area contributed by atoms with E-state index in [0.717, 1.165) is 18.5 Å². The molecule has 108 valence electrons. The fraction of sp³-hybridized carbons (Fsp3) is 0.250. The molecule has 0 saturated carbocycles. The molecule has 2 heterocycles. The molecule has 0 aliphatic carbocycles. The third kappa shape index (κ3) is 2.54. The Morgan fingerprint density at radius 1 is 1.24 bits per heavy atom. The van der Waals surface area contributed by atoms with E-state index in [4.69, 9.17) is 0 Å². The van der Waals surface area contributed by atoms with Crippen molar-refractivity contribution in [2.75, 3.05) is 6.54 Å². The van der Waals surface area contributed by atoms with Crippen molar-refractivity contribution in [1.82, 2.24) is 9.88 Å². The van der Waals surface area contributed by atoms with Gasteiger partial charge in [0.2, 0.25) is 0 Å². The molecule has 1 amide bonds. The summed E-state index contributed by atoms with van der Waals surface area (Å²) in [5.74, 6) is -0.501. The van der Waals surface area contributed by atoms with Gasteiger partial charge in [0, 0.05) is 18.8 Å². The SMILES string of the molecule is O=C(c1ccc(O)cc1O)N1CCCC1c1ccccn1. The molecule has 1 saturated heterocycles. The Hall–Kier alpha value is -2.56. The van der Waals surface area contributed by atoms with Crippen LogP contribution >= 0.6 is 0 Å². The molecule has 1 aliphatic rings. The van der Waals surface area contributed by atoms with Gasteiger partial charge in [-0.25, -0.2) is 0 Å². The van der Waals surface area contributed by atoms with Gasteiger partial charge in [0.05, 0.1) is 17.3 Å². The van der Waals surface area contributed by atoms with Crippen molar-refractivity contribution in [1.29, 1.82) is 0 Å². The van der Waals surface area contributed by atoms with Gasteiger partial charge in [-0.05, 0) is 37.1 Å². The van der Waals surface area contributed by atoms with Crippen LogP contribution in [-0.4, -0.2) is 32.5 Å². The summed E-state index contributed by atoms with van der Waals surface area (Å²) in [4.78, 5) is 18.7. The van der Waals surface area contributed by atoms with Crippen LogP contribution in [0.2, 0.25) is 0 Å². The highest BCUT2D eigenvalue weighted by molar-refractivity contribution is 5.97. The lowest BCUT2D eigenvalue weighted by molar-refractivity contribution is 0.0730. The van der Waals surface area contributed by atoms with E-state index in [1.54, 1.807) is 11.1 Å². The van der Waals surface area contributed by atoms with E-state index in [9.17, 15) is 15.0 Å². The number of rotatable bonds is 2. The normalized spacial score (nSPS) is 17.9. The molecule has 2 aromatic rings. The molecule has 0 spiro atoms. The van der Waals surface area contributed by atoms with Crippen LogP contribution in [0.15, 0.2) is 42.6 Å². The van der Waals surface area contributed by atoms with Crippen LogP contribution in [0.5, 0.6) is 11.5 Å². The highest BCUT2D eigenvalue weighted by atomic mass is 16.3. The zero-order valence-electron chi connectivity index (χ0n) is 11.4. The molecule has 3 rings (SSSR count). The van der Waals surface area contributed by atoms with Crippen molar-refractivity contribution in [2.24, 2.45) is 0 Å². The van der Waals surface area contributed by atoms with E-state index in [1.165, 1.54) is 18.2 Å². The predicted octanol–water partition coefficient (Wildman–Crippen LogP) is 2.47. The van der Waals surface area contributed by atoms with E-state index in [-0.39, 0.29) is 29.0 Å². The van der Waals surface area contributed by atoms with Crippen LogP contribution in [0, 0.1) is 0 Å². The number of benzene rings is 1. The van der Waals surface area contributed by atoms with Gasteiger partial charge in [0.1, 0.15) is 11.5 Å². The van der Waals surface area contributed by atoms with Gasteiger partial charge < -0.3 is 15.1 Å². The van der Waals surface area contributed by atoms with Crippen molar-refractivity contribution in [2.45, 2.75) is 18.9 Å². The summed E-state index contributed by atoms with van der Waals surface area (Å²) in [7, 11) is 0. The first-order chi connectivity index (χ1) is 10.2. The van der Waals surface area contributed by atoms with Crippen LogP contribution in [-0.2, 0) is 0 Å². The summed E-state index contributed by atoms with van der Waals surface area (Å²) in [6.07, 6.45) is 3.49. The number of phenols is 2. The molecule has 1 fully saturated rings. The first kappa shape index (κ1) is 13.4. The molecule has 1 atom stereocenters. The second-order valence-corrected chi connectivity index (χ2v) is 5.11. The lowest BCUT2D eigenvalue weighted by Gasteiger charge is -2.24. The zero-order chi connectivity index (χ0) is 14.8. The number of phenolic OH excluding ortho intramolecular Hbond substituents is 2.